The molecule has 1 atom stereocenters. The number of nitrogens with zero attached hydrogens (tertiary/aromatic N) is 2. The molecule has 2 amide bonds. The van der Waals surface area contributed by atoms with Gasteiger partial charge in [-0.15, -0.1) is 0 Å². The lowest BCUT2D eigenvalue weighted by Crippen LogP contribution is -2.53. The van der Waals surface area contributed by atoms with E-state index in [9.17, 15) is 18.0 Å². The summed E-state index contributed by atoms with van der Waals surface area (Å²) in [5, 5.41) is 3.56. The molecule has 224 valence electrons. The van der Waals surface area contributed by atoms with Crippen molar-refractivity contribution in [2.24, 2.45) is 0 Å². The fourth-order valence-electron chi connectivity index (χ4n) is 4.64. The van der Waals surface area contributed by atoms with Crippen LogP contribution in [0.2, 0.25) is 10.0 Å². The zero-order valence-corrected chi connectivity index (χ0v) is 26.0. The molecule has 1 unspecified atom stereocenters. The molecule has 0 aliphatic rings. The molecule has 43 heavy (non-hydrogen) atoms. The van der Waals surface area contributed by atoms with Crippen molar-refractivity contribution in [3.05, 3.63) is 130 Å². The molecule has 0 aliphatic carbocycles. The summed E-state index contributed by atoms with van der Waals surface area (Å²) in [6.07, 6.45) is 0.932. The lowest BCUT2D eigenvalue weighted by molar-refractivity contribution is -0.140. The molecular formula is C33H33Cl2N3O4S. The summed E-state index contributed by atoms with van der Waals surface area (Å²) in [5.41, 5.74) is 1.69. The molecule has 0 aromatic heterocycles. The standard InChI is InChI=1S/C33H33Cl2N3O4S/c1-2-20-36-33(40)31(22-25-12-5-3-6-13-25)37(23-26-14-11-15-27(34)21-26)32(39)24-38(30-19-10-9-18-29(30)35)43(41,42)28-16-7-4-8-17-28/h3-19,21,31H,2,20,22-24H2,1H3,(H,36,40). The Morgan fingerprint density at radius 1 is 0.814 bits per heavy atom. The maximum Gasteiger partial charge on any atom is 0.264 e. The zero-order chi connectivity index (χ0) is 30.8. The molecule has 0 bridgehead atoms. The molecule has 7 nitrogen and oxygen atoms in total. The van der Waals surface area contributed by atoms with Gasteiger partial charge in [0.2, 0.25) is 11.8 Å². The van der Waals surface area contributed by atoms with Crippen molar-refractivity contribution in [3.8, 4) is 0 Å². The number of anilines is 1. The molecule has 0 fully saturated rings. The quantitative estimate of drug-likeness (QED) is 0.185. The first-order valence-corrected chi connectivity index (χ1v) is 16.1. The van der Waals surface area contributed by atoms with Crippen molar-refractivity contribution >= 4 is 50.7 Å². The SMILES string of the molecule is CCCNC(=O)C(Cc1ccccc1)N(Cc1cccc(Cl)c1)C(=O)CN(c1ccccc1Cl)S(=O)(=O)c1ccccc1. The maximum absolute atomic E-state index is 14.4. The Labute approximate surface area is 263 Å². The Balaban J connectivity index is 1.80. The van der Waals surface area contributed by atoms with Crippen molar-refractivity contribution in [1.82, 2.24) is 10.2 Å². The van der Waals surface area contributed by atoms with Gasteiger partial charge in [0.1, 0.15) is 12.6 Å². The number of carbonyl (C=O) groups excluding carboxylic acids is 2. The summed E-state index contributed by atoms with van der Waals surface area (Å²) >= 11 is 12.8. The van der Waals surface area contributed by atoms with E-state index in [-0.39, 0.29) is 34.5 Å². The van der Waals surface area contributed by atoms with E-state index in [1.54, 1.807) is 60.7 Å². The van der Waals surface area contributed by atoms with Gasteiger partial charge >= 0.3 is 0 Å². The Hall–Kier alpha value is -3.85. The maximum atomic E-state index is 14.4. The van der Waals surface area contributed by atoms with Gasteiger partial charge in [-0.3, -0.25) is 13.9 Å². The van der Waals surface area contributed by atoms with E-state index in [0.717, 1.165) is 9.87 Å². The van der Waals surface area contributed by atoms with Gasteiger partial charge in [-0.2, -0.15) is 0 Å². The van der Waals surface area contributed by atoms with E-state index in [0.29, 0.717) is 23.6 Å². The molecule has 0 saturated heterocycles. The van der Waals surface area contributed by atoms with Crippen molar-refractivity contribution < 1.29 is 18.0 Å². The average molecular weight is 639 g/mol. The number of hydrogen-bond donors (Lipinski definition) is 1. The summed E-state index contributed by atoms with van der Waals surface area (Å²) in [6, 6.07) is 29.8. The number of halogens is 2. The molecule has 10 heteroatoms. The van der Waals surface area contributed by atoms with Crippen LogP contribution in [0.25, 0.3) is 0 Å². The Bertz CT molecular complexity index is 1640. The topological polar surface area (TPSA) is 86.8 Å². The highest BCUT2D eigenvalue weighted by Gasteiger charge is 2.35. The summed E-state index contributed by atoms with van der Waals surface area (Å²) < 4.78 is 29.0. The summed E-state index contributed by atoms with van der Waals surface area (Å²) in [4.78, 5) is 29.5. The first-order chi connectivity index (χ1) is 20.7. The molecular weight excluding hydrogens is 605 g/mol. The Morgan fingerprint density at radius 3 is 2.09 bits per heavy atom. The number of rotatable bonds is 13. The van der Waals surface area contributed by atoms with Gasteiger partial charge in [-0.1, -0.05) is 103 Å². The number of para-hydroxylation sites is 1. The number of sulfonamides is 1. The van der Waals surface area contributed by atoms with Crippen LogP contribution in [0, 0.1) is 0 Å². The van der Waals surface area contributed by atoms with Crippen LogP contribution in [-0.2, 0) is 32.6 Å². The molecule has 4 aromatic rings. The van der Waals surface area contributed by atoms with Crippen LogP contribution in [0.3, 0.4) is 0 Å². The van der Waals surface area contributed by atoms with Crippen molar-refractivity contribution in [1.29, 1.82) is 0 Å². The molecule has 0 saturated carbocycles. The molecule has 0 aliphatic heterocycles. The predicted octanol–water partition coefficient (Wildman–Crippen LogP) is 6.36. The summed E-state index contributed by atoms with van der Waals surface area (Å²) in [5.74, 6) is -0.914. The van der Waals surface area contributed by atoms with Crippen molar-refractivity contribution in [2.45, 2.75) is 37.2 Å². The summed E-state index contributed by atoms with van der Waals surface area (Å²) in [6.45, 7) is 1.81. The van der Waals surface area contributed by atoms with Gasteiger partial charge in [0.15, 0.2) is 0 Å². The first kappa shape index (κ1) is 32.1. The molecule has 1 N–H and O–H groups in total. The normalized spacial score (nSPS) is 11.9. The van der Waals surface area contributed by atoms with Crippen LogP contribution < -0.4 is 9.62 Å². The van der Waals surface area contributed by atoms with E-state index in [1.165, 1.54) is 17.0 Å². The van der Waals surface area contributed by atoms with Gasteiger partial charge in [-0.25, -0.2) is 8.42 Å². The van der Waals surface area contributed by atoms with Crippen LogP contribution in [0.4, 0.5) is 5.69 Å². The molecule has 4 aromatic carbocycles. The van der Waals surface area contributed by atoms with Crippen LogP contribution in [-0.4, -0.2) is 44.3 Å². The fourth-order valence-corrected chi connectivity index (χ4v) is 6.59. The lowest BCUT2D eigenvalue weighted by atomic mass is 10.0. The zero-order valence-electron chi connectivity index (χ0n) is 23.7. The van der Waals surface area contributed by atoms with E-state index in [4.69, 9.17) is 23.2 Å². The minimum Gasteiger partial charge on any atom is -0.354 e. The van der Waals surface area contributed by atoms with Crippen molar-refractivity contribution in [2.75, 3.05) is 17.4 Å². The largest absolute Gasteiger partial charge is 0.354 e. The van der Waals surface area contributed by atoms with Crippen LogP contribution in [0.5, 0.6) is 0 Å². The number of benzene rings is 4. The highest BCUT2D eigenvalue weighted by atomic mass is 35.5. The third-order valence-electron chi connectivity index (χ3n) is 6.79. The van der Waals surface area contributed by atoms with Crippen LogP contribution in [0.1, 0.15) is 24.5 Å². The highest BCUT2D eigenvalue weighted by Crippen LogP contribution is 2.31. The summed E-state index contributed by atoms with van der Waals surface area (Å²) in [7, 11) is -4.22. The lowest BCUT2D eigenvalue weighted by Gasteiger charge is -2.34. The van der Waals surface area contributed by atoms with Gasteiger partial charge in [-0.05, 0) is 53.9 Å². The smallest absolute Gasteiger partial charge is 0.264 e. The number of nitrogens with one attached hydrogen (secondary N) is 1. The van der Waals surface area contributed by atoms with Gasteiger partial charge < -0.3 is 10.2 Å². The van der Waals surface area contributed by atoms with E-state index < -0.39 is 28.5 Å². The van der Waals surface area contributed by atoms with Gasteiger partial charge in [0.05, 0.1) is 15.6 Å². The first-order valence-electron chi connectivity index (χ1n) is 13.9. The van der Waals surface area contributed by atoms with E-state index >= 15 is 0 Å². The second-order valence-electron chi connectivity index (χ2n) is 9.92. The fraction of sp³-hybridized carbons (Fsp3) is 0.212. The van der Waals surface area contributed by atoms with E-state index in [1.807, 2.05) is 43.3 Å². The van der Waals surface area contributed by atoms with Crippen molar-refractivity contribution in [3.63, 3.8) is 0 Å². The molecule has 0 heterocycles. The van der Waals surface area contributed by atoms with Crippen LogP contribution in [0.15, 0.2) is 114 Å². The highest BCUT2D eigenvalue weighted by molar-refractivity contribution is 7.92. The third-order valence-corrected chi connectivity index (χ3v) is 9.12. The minimum atomic E-state index is -4.22. The second kappa shape index (κ2) is 15.0. The minimum absolute atomic E-state index is 0.00522. The van der Waals surface area contributed by atoms with Crippen LogP contribution >= 0.6 is 23.2 Å². The second-order valence-corrected chi connectivity index (χ2v) is 12.6. The Kier molecular flexibility index (Phi) is 11.2. The van der Waals surface area contributed by atoms with E-state index in [2.05, 4.69) is 5.32 Å². The number of carbonyl (C=O) groups is 2. The van der Waals surface area contributed by atoms with Gasteiger partial charge in [0, 0.05) is 24.5 Å². The predicted molar refractivity (Wildman–Crippen MR) is 172 cm³/mol. The number of hydrogen-bond acceptors (Lipinski definition) is 4. The van der Waals surface area contributed by atoms with Gasteiger partial charge in [0.25, 0.3) is 10.0 Å². The monoisotopic (exact) mass is 637 g/mol. The molecule has 0 spiro atoms. The molecule has 4 rings (SSSR count). The average Bonchev–Trinajstić information content (AvgIpc) is 3.01. The Morgan fingerprint density at radius 2 is 1.44 bits per heavy atom. The number of amides is 2. The third kappa shape index (κ3) is 8.38. The molecule has 0 radical (unpaired) electrons.